The highest BCUT2D eigenvalue weighted by Gasteiger charge is 2.16. The third-order valence-electron chi connectivity index (χ3n) is 2.83. The molecule has 0 saturated heterocycles. The van der Waals surface area contributed by atoms with Crippen LogP contribution >= 0.6 is 0 Å². The number of hydrogen-bond acceptors (Lipinski definition) is 4. The standard InChI is InChI=1S/C14H22FN3O2/c1-4-6-18(9-14(19)17-3)12-8-13(20-5-2)10(15)7-11(12)16/h7-8H,4-6,9,16H2,1-3H3,(H,17,19). The number of hydrogen-bond donors (Lipinski definition) is 2. The number of carbonyl (C=O) groups is 1. The van der Waals surface area contributed by atoms with E-state index in [2.05, 4.69) is 5.32 Å². The summed E-state index contributed by atoms with van der Waals surface area (Å²) in [6.45, 7) is 4.97. The third-order valence-corrected chi connectivity index (χ3v) is 2.83. The van der Waals surface area contributed by atoms with Crippen molar-refractivity contribution in [3.8, 4) is 5.75 Å². The molecule has 3 N–H and O–H groups in total. The highest BCUT2D eigenvalue weighted by atomic mass is 19.1. The number of benzene rings is 1. The van der Waals surface area contributed by atoms with Gasteiger partial charge in [-0.15, -0.1) is 0 Å². The van der Waals surface area contributed by atoms with Gasteiger partial charge in [0.15, 0.2) is 11.6 Å². The lowest BCUT2D eigenvalue weighted by atomic mass is 10.2. The van der Waals surface area contributed by atoms with Gasteiger partial charge >= 0.3 is 0 Å². The number of nitrogens with zero attached hydrogens (tertiary/aromatic N) is 1. The first-order chi connectivity index (χ1) is 9.53. The largest absolute Gasteiger partial charge is 0.491 e. The Morgan fingerprint density at radius 1 is 1.45 bits per heavy atom. The molecule has 1 rings (SSSR count). The van der Waals surface area contributed by atoms with Gasteiger partial charge in [0.2, 0.25) is 5.91 Å². The molecule has 0 heterocycles. The molecule has 5 nitrogen and oxygen atoms in total. The minimum absolute atomic E-state index is 0.125. The number of carbonyl (C=O) groups excluding carboxylic acids is 1. The molecule has 0 spiro atoms. The zero-order valence-electron chi connectivity index (χ0n) is 12.2. The van der Waals surface area contributed by atoms with Crippen LogP contribution < -0.4 is 20.7 Å². The van der Waals surface area contributed by atoms with Crippen molar-refractivity contribution in [3.63, 3.8) is 0 Å². The molecule has 0 aromatic heterocycles. The van der Waals surface area contributed by atoms with Crippen LogP contribution in [0.2, 0.25) is 0 Å². The Morgan fingerprint density at radius 3 is 2.70 bits per heavy atom. The van der Waals surface area contributed by atoms with Crippen LogP contribution in [-0.2, 0) is 4.79 Å². The molecule has 1 amide bonds. The number of amides is 1. The van der Waals surface area contributed by atoms with Gasteiger partial charge in [-0.1, -0.05) is 6.92 Å². The number of ether oxygens (including phenoxy) is 1. The van der Waals surface area contributed by atoms with E-state index >= 15 is 0 Å². The molecule has 112 valence electrons. The van der Waals surface area contributed by atoms with Crippen LogP contribution in [0.1, 0.15) is 20.3 Å². The Kier molecular flexibility index (Phi) is 6.09. The Bertz CT molecular complexity index is 466. The normalized spacial score (nSPS) is 10.2. The van der Waals surface area contributed by atoms with Crippen molar-refractivity contribution in [2.45, 2.75) is 20.3 Å². The predicted molar refractivity (Wildman–Crippen MR) is 78.6 cm³/mol. The maximum absolute atomic E-state index is 13.7. The van der Waals surface area contributed by atoms with Gasteiger partial charge in [-0.3, -0.25) is 4.79 Å². The summed E-state index contributed by atoms with van der Waals surface area (Å²) in [4.78, 5) is 13.4. The van der Waals surface area contributed by atoms with E-state index in [1.165, 1.54) is 6.07 Å². The molecule has 0 saturated carbocycles. The minimum Gasteiger partial charge on any atom is -0.491 e. The van der Waals surface area contributed by atoms with E-state index in [4.69, 9.17) is 10.5 Å². The summed E-state index contributed by atoms with van der Waals surface area (Å²) in [5, 5.41) is 2.57. The van der Waals surface area contributed by atoms with Crippen molar-refractivity contribution in [3.05, 3.63) is 17.9 Å². The summed E-state index contributed by atoms with van der Waals surface area (Å²) >= 11 is 0. The van der Waals surface area contributed by atoms with E-state index in [1.54, 1.807) is 20.0 Å². The van der Waals surface area contributed by atoms with E-state index in [-0.39, 0.29) is 18.2 Å². The molecule has 0 atom stereocenters. The fourth-order valence-corrected chi connectivity index (χ4v) is 1.91. The number of halogens is 1. The number of rotatable bonds is 7. The second kappa shape index (κ2) is 7.57. The molecule has 0 radical (unpaired) electrons. The number of nitrogen functional groups attached to an aromatic ring is 1. The van der Waals surface area contributed by atoms with Crippen LogP contribution in [0.15, 0.2) is 12.1 Å². The summed E-state index contributed by atoms with van der Waals surface area (Å²) in [7, 11) is 1.58. The topological polar surface area (TPSA) is 67.6 Å². The summed E-state index contributed by atoms with van der Waals surface area (Å²) in [5.41, 5.74) is 6.77. The van der Waals surface area contributed by atoms with E-state index in [9.17, 15) is 9.18 Å². The molecule has 0 aliphatic carbocycles. The monoisotopic (exact) mass is 283 g/mol. The average Bonchev–Trinajstić information content (AvgIpc) is 2.41. The third kappa shape index (κ3) is 4.01. The molecule has 0 unspecified atom stereocenters. The van der Waals surface area contributed by atoms with Gasteiger partial charge in [0.25, 0.3) is 0 Å². The van der Waals surface area contributed by atoms with Gasteiger partial charge in [-0.2, -0.15) is 0 Å². The van der Waals surface area contributed by atoms with Crippen molar-refractivity contribution in [1.82, 2.24) is 5.32 Å². The molecule has 1 aromatic rings. The van der Waals surface area contributed by atoms with E-state index in [0.717, 1.165) is 6.42 Å². The SMILES string of the molecule is CCCN(CC(=O)NC)c1cc(OCC)c(F)cc1N. The maximum atomic E-state index is 13.7. The smallest absolute Gasteiger partial charge is 0.239 e. The van der Waals surface area contributed by atoms with E-state index in [1.807, 2.05) is 11.8 Å². The van der Waals surface area contributed by atoms with Crippen LogP contribution in [0.4, 0.5) is 15.8 Å². The lowest BCUT2D eigenvalue weighted by Gasteiger charge is -2.25. The first-order valence-corrected chi connectivity index (χ1v) is 6.70. The molecule has 0 aliphatic rings. The number of nitrogens with one attached hydrogen (secondary N) is 1. The second-order valence-corrected chi connectivity index (χ2v) is 4.37. The Balaban J connectivity index is 3.10. The van der Waals surface area contributed by atoms with Gasteiger partial charge in [0.05, 0.1) is 24.5 Å². The Labute approximate surface area is 118 Å². The highest BCUT2D eigenvalue weighted by Crippen LogP contribution is 2.31. The van der Waals surface area contributed by atoms with Crippen molar-refractivity contribution >= 4 is 17.3 Å². The van der Waals surface area contributed by atoms with Crippen LogP contribution in [0, 0.1) is 5.82 Å². The number of anilines is 2. The van der Waals surface area contributed by atoms with Crippen LogP contribution in [0.3, 0.4) is 0 Å². The van der Waals surface area contributed by atoms with Crippen LogP contribution in [0.25, 0.3) is 0 Å². The van der Waals surface area contributed by atoms with E-state index in [0.29, 0.717) is 24.5 Å². The molecule has 0 fully saturated rings. The molecular formula is C14H22FN3O2. The first-order valence-electron chi connectivity index (χ1n) is 6.70. The van der Waals surface area contributed by atoms with Crippen molar-refractivity contribution in [1.29, 1.82) is 0 Å². The van der Waals surface area contributed by atoms with Gasteiger partial charge in [-0.25, -0.2) is 4.39 Å². The lowest BCUT2D eigenvalue weighted by Crippen LogP contribution is -2.36. The summed E-state index contributed by atoms with van der Waals surface area (Å²) in [6, 6.07) is 2.78. The fourth-order valence-electron chi connectivity index (χ4n) is 1.91. The minimum atomic E-state index is -0.496. The molecule has 6 heteroatoms. The summed E-state index contributed by atoms with van der Waals surface area (Å²) < 4.78 is 18.9. The highest BCUT2D eigenvalue weighted by molar-refractivity contribution is 5.83. The fraction of sp³-hybridized carbons (Fsp3) is 0.500. The quantitative estimate of drug-likeness (QED) is 0.748. The Hall–Kier alpha value is -1.98. The van der Waals surface area contributed by atoms with Crippen molar-refractivity contribution < 1.29 is 13.9 Å². The first kappa shape index (κ1) is 16.1. The van der Waals surface area contributed by atoms with Gasteiger partial charge in [0, 0.05) is 25.7 Å². The molecule has 20 heavy (non-hydrogen) atoms. The zero-order chi connectivity index (χ0) is 15.1. The molecule has 1 aromatic carbocycles. The van der Waals surface area contributed by atoms with Crippen molar-refractivity contribution in [2.75, 3.05) is 37.4 Å². The van der Waals surface area contributed by atoms with E-state index < -0.39 is 5.82 Å². The van der Waals surface area contributed by atoms with Gasteiger partial charge in [-0.05, 0) is 13.3 Å². The number of nitrogens with two attached hydrogens (primary N) is 1. The average molecular weight is 283 g/mol. The molecule has 0 bridgehead atoms. The van der Waals surface area contributed by atoms with Crippen molar-refractivity contribution in [2.24, 2.45) is 0 Å². The second-order valence-electron chi connectivity index (χ2n) is 4.37. The van der Waals surface area contributed by atoms with Crippen LogP contribution in [0.5, 0.6) is 5.75 Å². The number of likely N-dealkylation sites (N-methyl/N-ethyl adjacent to an activating group) is 1. The molecule has 0 aliphatic heterocycles. The zero-order valence-corrected chi connectivity index (χ0v) is 12.2. The Morgan fingerprint density at radius 2 is 2.15 bits per heavy atom. The van der Waals surface area contributed by atoms with Crippen LogP contribution in [-0.4, -0.2) is 32.7 Å². The van der Waals surface area contributed by atoms with Gasteiger partial charge < -0.3 is 20.7 Å². The lowest BCUT2D eigenvalue weighted by molar-refractivity contribution is -0.119. The summed E-state index contributed by atoms with van der Waals surface area (Å²) in [5.74, 6) is -0.473. The molecular weight excluding hydrogens is 261 g/mol. The summed E-state index contributed by atoms with van der Waals surface area (Å²) in [6.07, 6.45) is 0.845. The predicted octanol–water partition coefficient (Wildman–Crippen LogP) is 1.77. The maximum Gasteiger partial charge on any atom is 0.239 e. The van der Waals surface area contributed by atoms with Gasteiger partial charge in [0.1, 0.15) is 0 Å².